The van der Waals surface area contributed by atoms with E-state index < -0.39 is 0 Å². The molecule has 1 aliphatic heterocycles. The predicted octanol–water partition coefficient (Wildman–Crippen LogP) is 4.65. The Morgan fingerprint density at radius 2 is 2.00 bits per heavy atom. The van der Waals surface area contributed by atoms with E-state index in [-0.39, 0.29) is 5.92 Å². The molecular weight excluding hydrogens is 382 g/mol. The lowest BCUT2D eigenvalue weighted by Crippen LogP contribution is -2.44. The van der Waals surface area contributed by atoms with Crippen LogP contribution in [0.2, 0.25) is 0 Å². The largest absolute Gasteiger partial charge is 0.342 e. The van der Waals surface area contributed by atoms with Gasteiger partial charge in [0.05, 0.1) is 0 Å². The van der Waals surface area contributed by atoms with Gasteiger partial charge in [0.2, 0.25) is 5.91 Å². The highest BCUT2D eigenvalue weighted by Crippen LogP contribution is 2.29. The van der Waals surface area contributed by atoms with Gasteiger partial charge in [-0.1, -0.05) is 19.3 Å². The molecule has 7 heteroatoms. The highest BCUT2D eigenvalue weighted by Gasteiger charge is 2.30. The SMILES string of the molecule is Cc1nc(C[C@@H]2CCCN(C(=O)C3CCCCC3)C2)cc(Nc2ncc(C)s2)n1. The summed E-state index contributed by atoms with van der Waals surface area (Å²) in [6.45, 7) is 5.77. The summed E-state index contributed by atoms with van der Waals surface area (Å²) in [4.78, 5) is 29.8. The fourth-order valence-electron chi connectivity index (χ4n) is 4.66. The van der Waals surface area contributed by atoms with Crippen molar-refractivity contribution in [3.05, 3.63) is 28.7 Å². The second-order valence-electron chi connectivity index (χ2n) is 8.52. The number of likely N-dealkylation sites (tertiary alicyclic amines) is 1. The maximum absolute atomic E-state index is 12.9. The first-order valence-electron chi connectivity index (χ1n) is 10.9. The Hall–Kier alpha value is -2.02. The zero-order valence-electron chi connectivity index (χ0n) is 17.5. The van der Waals surface area contributed by atoms with Crippen LogP contribution in [0.4, 0.5) is 10.9 Å². The lowest BCUT2D eigenvalue weighted by molar-refractivity contribution is -0.138. The van der Waals surface area contributed by atoms with Crippen LogP contribution in [0.5, 0.6) is 0 Å². The molecule has 0 spiro atoms. The molecule has 1 atom stereocenters. The highest BCUT2D eigenvalue weighted by atomic mass is 32.1. The normalized spacial score (nSPS) is 20.6. The minimum Gasteiger partial charge on any atom is -0.342 e. The number of aromatic nitrogens is 3. The molecule has 3 heterocycles. The molecule has 1 saturated heterocycles. The first kappa shape index (κ1) is 20.3. The van der Waals surface area contributed by atoms with E-state index in [0.29, 0.717) is 11.8 Å². The number of nitrogens with zero attached hydrogens (tertiary/aromatic N) is 4. The molecule has 1 N–H and O–H groups in total. The second kappa shape index (κ2) is 9.20. The number of hydrogen-bond donors (Lipinski definition) is 1. The van der Waals surface area contributed by atoms with Gasteiger partial charge in [-0.2, -0.15) is 0 Å². The summed E-state index contributed by atoms with van der Waals surface area (Å²) in [5, 5.41) is 4.16. The summed E-state index contributed by atoms with van der Waals surface area (Å²) in [6, 6.07) is 2.03. The van der Waals surface area contributed by atoms with Crippen LogP contribution in [0.1, 0.15) is 61.3 Å². The van der Waals surface area contributed by atoms with Crippen molar-refractivity contribution in [3.8, 4) is 0 Å². The standard InChI is InChI=1S/C22H31N5OS/c1-15-13-23-22(29-15)26-20-12-19(24-16(2)25-20)11-17-7-6-10-27(14-17)21(28)18-8-4-3-5-9-18/h12-13,17-18H,3-11,14H2,1-2H3,(H,23,24,25,26)/t17-/m0/s1. The zero-order chi connectivity index (χ0) is 20.2. The number of carbonyl (C=O) groups excluding carboxylic acids is 1. The number of aryl methyl sites for hydroxylation is 2. The zero-order valence-corrected chi connectivity index (χ0v) is 18.3. The number of nitrogens with one attached hydrogen (secondary N) is 1. The summed E-state index contributed by atoms with van der Waals surface area (Å²) in [5.41, 5.74) is 1.05. The molecule has 2 aromatic rings. The first-order chi connectivity index (χ1) is 14.1. The molecule has 2 fully saturated rings. The third kappa shape index (κ3) is 5.32. The molecular formula is C22H31N5OS. The van der Waals surface area contributed by atoms with Gasteiger partial charge in [-0.25, -0.2) is 15.0 Å². The van der Waals surface area contributed by atoms with Crippen molar-refractivity contribution in [3.63, 3.8) is 0 Å². The van der Waals surface area contributed by atoms with Crippen molar-refractivity contribution in [1.82, 2.24) is 19.9 Å². The van der Waals surface area contributed by atoms with Gasteiger partial charge in [0.15, 0.2) is 5.13 Å². The molecule has 6 nitrogen and oxygen atoms in total. The third-order valence-electron chi connectivity index (χ3n) is 6.03. The van der Waals surface area contributed by atoms with E-state index in [1.807, 2.05) is 26.1 Å². The van der Waals surface area contributed by atoms with Gasteiger partial charge >= 0.3 is 0 Å². The van der Waals surface area contributed by atoms with Crippen molar-refractivity contribution in [2.45, 2.75) is 65.2 Å². The van der Waals surface area contributed by atoms with Gasteiger partial charge in [-0.15, -0.1) is 11.3 Å². The van der Waals surface area contributed by atoms with Gasteiger partial charge in [-0.3, -0.25) is 4.79 Å². The Balaban J connectivity index is 1.39. The van der Waals surface area contributed by atoms with Crippen molar-refractivity contribution in [2.75, 3.05) is 18.4 Å². The number of carbonyl (C=O) groups is 1. The second-order valence-corrected chi connectivity index (χ2v) is 9.76. The molecule has 2 aromatic heterocycles. The number of rotatable bonds is 5. The topological polar surface area (TPSA) is 71.0 Å². The Kier molecular flexibility index (Phi) is 6.43. The molecule has 0 bridgehead atoms. The predicted molar refractivity (Wildman–Crippen MR) is 116 cm³/mol. The Bertz CT molecular complexity index is 845. The van der Waals surface area contributed by atoms with Crippen molar-refractivity contribution >= 4 is 28.2 Å². The fraction of sp³-hybridized carbons (Fsp3) is 0.636. The van der Waals surface area contributed by atoms with Gasteiger partial charge < -0.3 is 10.2 Å². The maximum Gasteiger partial charge on any atom is 0.225 e. The van der Waals surface area contributed by atoms with Crippen molar-refractivity contribution in [2.24, 2.45) is 11.8 Å². The number of hydrogen-bond acceptors (Lipinski definition) is 6. The Morgan fingerprint density at radius 3 is 2.76 bits per heavy atom. The third-order valence-corrected chi connectivity index (χ3v) is 6.86. The van der Waals surface area contributed by atoms with Gasteiger partial charge in [0, 0.05) is 41.8 Å². The quantitative estimate of drug-likeness (QED) is 0.772. The average Bonchev–Trinajstić information content (AvgIpc) is 3.12. The van der Waals surface area contributed by atoms with Crippen molar-refractivity contribution in [1.29, 1.82) is 0 Å². The summed E-state index contributed by atoms with van der Waals surface area (Å²) < 4.78 is 0. The molecule has 1 saturated carbocycles. The van der Waals surface area contributed by atoms with Crippen LogP contribution in [0.15, 0.2) is 12.3 Å². The molecule has 0 radical (unpaired) electrons. The molecule has 1 aliphatic carbocycles. The number of piperidine rings is 1. The summed E-state index contributed by atoms with van der Waals surface area (Å²) in [7, 11) is 0. The van der Waals surface area contributed by atoms with Crippen LogP contribution in [-0.2, 0) is 11.2 Å². The van der Waals surface area contributed by atoms with E-state index in [2.05, 4.69) is 25.2 Å². The summed E-state index contributed by atoms with van der Waals surface area (Å²) in [6.07, 6.45) is 10.9. The molecule has 2 aliphatic rings. The van der Waals surface area contributed by atoms with E-state index in [1.54, 1.807) is 11.3 Å². The molecule has 4 rings (SSSR count). The number of anilines is 2. The Labute approximate surface area is 177 Å². The lowest BCUT2D eigenvalue weighted by Gasteiger charge is -2.36. The summed E-state index contributed by atoms with van der Waals surface area (Å²) >= 11 is 1.62. The van der Waals surface area contributed by atoms with Gasteiger partial charge in [0.25, 0.3) is 0 Å². The van der Waals surface area contributed by atoms with E-state index in [1.165, 1.54) is 24.1 Å². The molecule has 156 valence electrons. The highest BCUT2D eigenvalue weighted by molar-refractivity contribution is 7.15. The van der Waals surface area contributed by atoms with Crippen LogP contribution >= 0.6 is 11.3 Å². The molecule has 0 aromatic carbocycles. The van der Waals surface area contributed by atoms with Crippen LogP contribution < -0.4 is 5.32 Å². The van der Waals surface area contributed by atoms with E-state index in [0.717, 1.165) is 67.7 Å². The van der Waals surface area contributed by atoms with Gasteiger partial charge in [0.1, 0.15) is 11.6 Å². The Morgan fingerprint density at radius 1 is 1.17 bits per heavy atom. The monoisotopic (exact) mass is 413 g/mol. The average molecular weight is 414 g/mol. The van der Waals surface area contributed by atoms with Crippen molar-refractivity contribution < 1.29 is 4.79 Å². The van der Waals surface area contributed by atoms with Crippen LogP contribution in [-0.4, -0.2) is 38.8 Å². The lowest BCUT2D eigenvalue weighted by atomic mass is 9.86. The number of thiazole rings is 1. The van der Waals surface area contributed by atoms with E-state index in [9.17, 15) is 4.79 Å². The molecule has 29 heavy (non-hydrogen) atoms. The minimum absolute atomic E-state index is 0.265. The van der Waals surface area contributed by atoms with Crippen LogP contribution in [0.3, 0.4) is 0 Å². The van der Waals surface area contributed by atoms with Gasteiger partial charge in [-0.05, 0) is 51.9 Å². The fourth-order valence-corrected chi connectivity index (χ4v) is 5.33. The molecule has 0 unspecified atom stereocenters. The minimum atomic E-state index is 0.265. The first-order valence-corrected chi connectivity index (χ1v) is 11.7. The van der Waals surface area contributed by atoms with Crippen LogP contribution in [0.25, 0.3) is 0 Å². The van der Waals surface area contributed by atoms with E-state index >= 15 is 0 Å². The number of amides is 1. The molecule has 1 amide bonds. The smallest absolute Gasteiger partial charge is 0.225 e. The maximum atomic E-state index is 12.9. The summed E-state index contributed by atoms with van der Waals surface area (Å²) in [5.74, 6) is 2.70. The van der Waals surface area contributed by atoms with E-state index in [4.69, 9.17) is 0 Å². The van der Waals surface area contributed by atoms with Crippen LogP contribution in [0, 0.1) is 25.7 Å².